The molecule has 0 saturated carbocycles. The molecule has 0 radical (unpaired) electrons. The zero-order chi connectivity index (χ0) is 16.1. The maximum absolute atomic E-state index is 12.0. The van der Waals surface area contributed by atoms with Crippen LogP contribution in [-0.2, 0) is 4.79 Å². The van der Waals surface area contributed by atoms with Gasteiger partial charge in [-0.3, -0.25) is 4.79 Å². The Hall–Kier alpha value is -1.89. The van der Waals surface area contributed by atoms with Crippen LogP contribution in [0.4, 0.5) is 0 Å². The van der Waals surface area contributed by atoms with Gasteiger partial charge in [-0.15, -0.1) is 5.10 Å². The third-order valence-electron chi connectivity index (χ3n) is 3.23. The standard InChI is InChI=1S/C15H21N5OS/c1-5-8-16-14(21)12(4)22-15-17-18-19-20(15)13-9-10(2)6-7-11(13)3/h6-7,9,12H,5,8H2,1-4H3,(H,16,21)/t12-/m0/s1. The van der Waals surface area contributed by atoms with Crippen molar-refractivity contribution in [1.29, 1.82) is 0 Å². The molecule has 1 amide bonds. The minimum atomic E-state index is -0.249. The molecule has 0 fully saturated rings. The summed E-state index contributed by atoms with van der Waals surface area (Å²) in [6, 6.07) is 6.13. The molecule has 0 aliphatic carbocycles. The van der Waals surface area contributed by atoms with Gasteiger partial charge in [0, 0.05) is 6.54 Å². The molecule has 0 aliphatic heterocycles. The smallest absolute Gasteiger partial charge is 0.233 e. The Morgan fingerprint density at radius 3 is 2.91 bits per heavy atom. The largest absolute Gasteiger partial charge is 0.355 e. The zero-order valence-electron chi connectivity index (χ0n) is 13.3. The molecular formula is C15H21N5OS. The molecule has 2 aromatic rings. The van der Waals surface area contributed by atoms with Crippen molar-refractivity contribution in [2.45, 2.75) is 44.5 Å². The minimum absolute atomic E-state index is 0.00219. The first-order valence-corrected chi connectivity index (χ1v) is 8.21. The van der Waals surface area contributed by atoms with Crippen LogP contribution in [0.2, 0.25) is 0 Å². The number of thioether (sulfide) groups is 1. The summed E-state index contributed by atoms with van der Waals surface area (Å²) < 4.78 is 1.69. The second kappa shape index (κ2) is 7.40. The van der Waals surface area contributed by atoms with Gasteiger partial charge in [-0.25, -0.2) is 0 Å². The fraction of sp³-hybridized carbons (Fsp3) is 0.467. The van der Waals surface area contributed by atoms with Gasteiger partial charge in [0.1, 0.15) is 0 Å². The molecule has 22 heavy (non-hydrogen) atoms. The molecule has 0 aliphatic rings. The Balaban J connectivity index is 2.19. The maximum Gasteiger partial charge on any atom is 0.233 e. The number of carbonyl (C=O) groups excluding carboxylic acids is 1. The third kappa shape index (κ3) is 3.85. The lowest BCUT2D eigenvalue weighted by Crippen LogP contribution is -2.31. The predicted octanol–water partition coefficient (Wildman–Crippen LogP) is 2.29. The average Bonchev–Trinajstić information content (AvgIpc) is 2.95. The third-order valence-corrected chi connectivity index (χ3v) is 4.27. The fourth-order valence-electron chi connectivity index (χ4n) is 1.95. The molecule has 1 N–H and O–H groups in total. The quantitative estimate of drug-likeness (QED) is 0.827. The van der Waals surface area contributed by atoms with E-state index in [4.69, 9.17) is 0 Å². The first kappa shape index (κ1) is 16.5. The summed E-state index contributed by atoms with van der Waals surface area (Å²) in [6.45, 7) is 8.62. The van der Waals surface area contributed by atoms with E-state index in [0.29, 0.717) is 11.7 Å². The summed E-state index contributed by atoms with van der Waals surface area (Å²) in [5, 5.41) is 15.1. The van der Waals surface area contributed by atoms with Crippen LogP contribution in [-0.4, -0.2) is 37.9 Å². The average molecular weight is 319 g/mol. The monoisotopic (exact) mass is 319 g/mol. The number of hydrogen-bond acceptors (Lipinski definition) is 5. The normalized spacial score (nSPS) is 12.2. The molecule has 0 spiro atoms. The first-order valence-electron chi connectivity index (χ1n) is 7.33. The summed E-state index contributed by atoms with van der Waals surface area (Å²) in [6.07, 6.45) is 0.920. The van der Waals surface area contributed by atoms with Crippen molar-refractivity contribution in [2.24, 2.45) is 0 Å². The number of aryl methyl sites for hydroxylation is 2. The molecular weight excluding hydrogens is 298 g/mol. The fourth-order valence-corrected chi connectivity index (χ4v) is 2.78. The summed E-state index contributed by atoms with van der Waals surface area (Å²) in [5.74, 6) is 0.00219. The van der Waals surface area contributed by atoms with E-state index in [-0.39, 0.29) is 11.2 Å². The highest BCUT2D eigenvalue weighted by Crippen LogP contribution is 2.24. The van der Waals surface area contributed by atoms with Crippen molar-refractivity contribution in [3.63, 3.8) is 0 Å². The molecule has 118 valence electrons. The Labute approximate surface area is 134 Å². The predicted molar refractivity (Wildman–Crippen MR) is 87.2 cm³/mol. The second-order valence-electron chi connectivity index (χ2n) is 5.21. The van der Waals surface area contributed by atoms with Crippen molar-refractivity contribution in [3.8, 4) is 5.69 Å². The van der Waals surface area contributed by atoms with E-state index in [2.05, 4.69) is 26.9 Å². The van der Waals surface area contributed by atoms with Gasteiger partial charge < -0.3 is 5.32 Å². The lowest BCUT2D eigenvalue weighted by Gasteiger charge is -2.12. The zero-order valence-corrected chi connectivity index (χ0v) is 14.1. The van der Waals surface area contributed by atoms with Gasteiger partial charge in [-0.05, 0) is 54.8 Å². The highest BCUT2D eigenvalue weighted by molar-refractivity contribution is 8.00. The first-order chi connectivity index (χ1) is 10.5. The van der Waals surface area contributed by atoms with E-state index in [1.807, 2.05) is 39.8 Å². The maximum atomic E-state index is 12.0. The minimum Gasteiger partial charge on any atom is -0.355 e. The van der Waals surface area contributed by atoms with Crippen molar-refractivity contribution in [1.82, 2.24) is 25.5 Å². The lowest BCUT2D eigenvalue weighted by molar-refractivity contribution is -0.120. The molecule has 1 aromatic carbocycles. The molecule has 1 heterocycles. The molecule has 0 saturated heterocycles. The van der Waals surface area contributed by atoms with Crippen LogP contribution < -0.4 is 5.32 Å². The SMILES string of the molecule is CCCNC(=O)[C@H](C)Sc1nnnn1-c1cc(C)ccc1C. The molecule has 7 heteroatoms. The summed E-state index contributed by atoms with van der Waals surface area (Å²) in [5.41, 5.74) is 3.16. The van der Waals surface area contributed by atoms with E-state index in [9.17, 15) is 4.79 Å². The van der Waals surface area contributed by atoms with Crippen LogP contribution in [0.15, 0.2) is 23.4 Å². The molecule has 2 rings (SSSR count). The number of carbonyl (C=O) groups is 1. The number of nitrogens with zero attached hydrogens (tertiary/aromatic N) is 4. The van der Waals surface area contributed by atoms with E-state index in [0.717, 1.165) is 23.2 Å². The Bertz CT molecular complexity index is 655. The summed E-state index contributed by atoms with van der Waals surface area (Å²) >= 11 is 1.36. The van der Waals surface area contributed by atoms with Gasteiger partial charge in [0.05, 0.1) is 10.9 Å². The number of hydrogen-bond donors (Lipinski definition) is 1. The van der Waals surface area contributed by atoms with Gasteiger partial charge >= 0.3 is 0 Å². The molecule has 1 aromatic heterocycles. The topological polar surface area (TPSA) is 72.7 Å². The molecule has 0 unspecified atom stereocenters. The number of rotatable bonds is 6. The van der Waals surface area contributed by atoms with Gasteiger partial charge in [0.2, 0.25) is 11.1 Å². The van der Waals surface area contributed by atoms with Crippen LogP contribution in [0.5, 0.6) is 0 Å². The number of tetrazole rings is 1. The van der Waals surface area contributed by atoms with Crippen LogP contribution in [0, 0.1) is 13.8 Å². The van der Waals surface area contributed by atoms with Gasteiger partial charge in [-0.2, -0.15) is 4.68 Å². The summed E-state index contributed by atoms with van der Waals surface area (Å²) in [7, 11) is 0. The highest BCUT2D eigenvalue weighted by atomic mass is 32.2. The number of nitrogens with one attached hydrogen (secondary N) is 1. The number of amides is 1. The summed E-state index contributed by atoms with van der Waals surface area (Å²) in [4.78, 5) is 12.0. The van der Waals surface area contributed by atoms with Crippen molar-refractivity contribution >= 4 is 17.7 Å². The van der Waals surface area contributed by atoms with E-state index in [1.165, 1.54) is 11.8 Å². The number of benzene rings is 1. The van der Waals surface area contributed by atoms with Crippen molar-refractivity contribution in [2.75, 3.05) is 6.54 Å². The van der Waals surface area contributed by atoms with Crippen LogP contribution in [0.25, 0.3) is 5.69 Å². The molecule has 1 atom stereocenters. The molecule has 0 bridgehead atoms. The van der Waals surface area contributed by atoms with Gasteiger partial charge in [0.25, 0.3) is 0 Å². The lowest BCUT2D eigenvalue weighted by atomic mass is 10.1. The van der Waals surface area contributed by atoms with Crippen molar-refractivity contribution in [3.05, 3.63) is 29.3 Å². The van der Waals surface area contributed by atoms with E-state index >= 15 is 0 Å². The van der Waals surface area contributed by atoms with E-state index in [1.54, 1.807) is 4.68 Å². The van der Waals surface area contributed by atoms with Gasteiger partial charge in [0.15, 0.2) is 0 Å². The Kier molecular flexibility index (Phi) is 5.54. The second-order valence-corrected chi connectivity index (χ2v) is 6.52. The van der Waals surface area contributed by atoms with Crippen LogP contribution in [0.3, 0.4) is 0 Å². The van der Waals surface area contributed by atoms with Crippen LogP contribution in [0.1, 0.15) is 31.4 Å². The van der Waals surface area contributed by atoms with Crippen LogP contribution >= 0.6 is 11.8 Å². The molecule has 6 nitrogen and oxygen atoms in total. The number of aromatic nitrogens is 4. The van der Waals surface area contributed by atoms with Gasteiger partial charge in [-0.1, -0.05) is 30.8 Å². The van der Waals surface area contributed by atoms with Crippen molar-refractivity contribution < 1.29 is 4.79 Å². The van der Waals surface area contributed by atoms with E-state index < -0.39 is 0 Å². The highest BCUT2D eigenvalue weighted by Gasteiger charge is 2.19. The Morgan fingerprint density at radius 2 is 2.18 bits per heavy atom. The Morgan fingerprint density at radius 1 is 1.41 bits per heavy atom.